The van der Waals surface area contributed by atoms with Gasteiger partial charge in [0.05, 0.1) is 28.3 Å². The predicted molar refractivity (Wildman–Crippen MR) is 103 cm³/mol. The van der Waals surface area contributed by atoms with E-state index in [0.717, 1.165) is 23.5 Å². The minimum atomic E-state index is -4.60. The van der Waals surface area contributed by atoms with Crippen molar-refractivity contribution in [3.63, 3.8) is 0 Å². The number of ether oxygens (including phenoxy) is 1. The number of rotatable bonds is 6. The molecular weight excluding hydrogens is 433 g/mol. The van der Waals surface area contributed by atoms with Crippen molar-refractivity contribution in [2.45, 2.75) is 11.1 Å². The molecule has 0 fully saturated rings. The summed E-state index contributed by atoms with van der Waals surface area (Å²) >= 11 is 5.94. The highest BCUT2D eigenvalue weighted by molar-refractivity contribution is 7.92. The smallest absolute Gasteiger partial charge is 0.406 e. The van der Waals surface area contributed by atoms with Crippen molar-refractivity contribution in [2.24, 2.45) is 0 Å². The fraction of sp³-hybridized carbons (Fsp3) is 0.278. The molecule has 0 saturated carbocycles. The van der Waals surface area contributed by atoms with Crippen LogP contribution in [0.15, 0.2) is 47.4 Å². The van der Waals surface area contributed by atoms with E-state index in [-0.39, 0.29) is 15.5 Å². The Morgan fingerprint density at radius 3 is 2.21 bits per heavy atom. The van der Waals surface area contributed by atoms with Gasteiger partial charge in [0.2, 0.25) is 0 Å². The molecule has 0 radical (unpaired) electrons. The maximum Gasteiger partial charge on any atom is 0.406 e. The topological polar surface area (TPSA) is 66.9 Å². The summed E-state index contributed by atoms with van der Waals surface area (Å²) < 4.78 is 69.5. The molecule has 6 nitrogen and oxygen atoms in total. The molecule has 158 valence electrons. The molecule has 29 heavy (non-hydrogen) atoms. The van der Waals surface area contributed by atoms with Crippen molar-refractivity contribution < 1.29 is 31.1 Å². The van der Waals surface area contributed by atoms with E-state index in [1.54, 1.807) is 12.1 Å². The van der Waals surface area contributed by atoms with Crippen molar-refractivity contribution in [3.05, 3.63) is 53.1 Å². The Labute approximate surface area is 171 Å². The number of nitrogens with zero attached hydrogens (tertiary/aromatic N) is 2. The molecule has 0 unspecified atom stereocenters. The van der Waals surface area contributed by atoms with Crippen molar-refractivity contribution in [2.75, 3.05) is 32.1 Å². The van der Waals surface area contributed by atoms with E-state index < -0.39 is 28.7 Å². The molecule has 0 heterocycles. The Hall–Kier alpha value is -2.46. The van der Waals surface area contributed by atoms with Crippen LogP contribution in [0.3, 0.4) is 0 Å². The summed E-state index contributed by atoms with van der Waals surface area (Å²) in [7, 11) is -0.371. The molecule has 0 aliphatic carbocycles. The standard InChI is InChI=1S/C18H18ClF3N2O4S/c1-23(11-18(20,21)22)17(25)15-10-14(8-9-16(15)19)29(26,27)24(2)12-4-6-13(28-3)7-5-12/h4-10H,11H2,1-3H3. The monoisotopic (exact) mass is 450 g/mol. The van der Waals surface area contributed by atoms with Gasteiger partial charge >= 0.3 is 6.18 Å². The van der Waals surface area contributed by atoms with Gasteiger partial charge in [-0.2, -0.15) is 13.2 Å². The van der Waals surface area contributed by atoms with Gasteiger partial charge in [-0.25, -0.2) is 8.42 Å². The molecule has 2 aromatic rings. The quantitative estimate of drug-likeness (QED) is 0.671. The number of methoxy groups -OCH3 is 1. The van der Waals surface area contributed by atoms with Crippen LogP contribution in [0, 0.1) is 0 Å². The highest BCUT2D eigenvalue weighted by Gasteiger charge is 2.32. The lowest BCUT2D eigenvalue weighted by atomic mass is 10.2. The van der Waals surface area contributed by atoms with Crippen LogP contribution < -0.4 is 9.04 Å². The zero-order chi connectivity index (χ0) is 22.0. The molecule has 0 saturated heterocycles. The van der Waals surface area contributed by atoms with Crippen LogP contribution in [0.1, 0.15) is 10.4 Å². The third-order valence-corrected chi connectivity index (χ3v) is 6.14. The number of hydrogen-bond acceptors (Lipinski definition) is 4. The lowest BCUT2D eigenvalue weighted by Gasteiger charge is -2.22. The molecular formula is C18H18ClF3N2O4S. The Kier molecular flexibility index (Phi) is 6.69. The summed E-state index contributed by atoms with van der Waals surface area (Å²) in [6.45, 7) is -1.50. The summed E-state index contributed by atoms with van der Waals surface area (Å²) in [4.78, 5) is 12.5. The van der Waals surface area contributed by atoms with Gasteiger partial charge in [0.1, 0.15) is 12.3 Å². The van der Waals surface area contributed by atoms with Crippen LogP contribution in [-0.2, 0) is 10.0 Å². The predicted octanol–water partition coefficient (Wildman–Crippen LogP) is 3.81. The van der Waals surface area contributed by atoms with Gasteiger partial charge in [0, 0.05) is 14.1 Å². The minimum absolute atomic E-state index is 0.157. The number of sulfonamides is 1. The SMILES string of the molecule is COc1ccc(N(C)S(=O)(=O)c2ccc(Cl)c(C(=O)N(C)CC(F)(F)F)c2)cc1. The van der Waals surface area contributed by atoms with Gasteiger partial charge in [0.15, 0.2) is 0 Å². The zero-order valence-electron chi connectivity index (χ0n) is 15.7. The first-order valence-corrected chi connectivity index (χ1v) is 9.93. The fourth-order valence-corrected chi connectivity index (χ4v) is 3.88. The average Bonchev–Trinajstić information content (AvgIpc) is 2.65. The second-order valence-corrected chi connectivity index (χ2v) is 8.47. The van der Waals surface area contributed by atoms with E-state index >= 15 is 0 Å². The van der Waals surface area contributed by atoms with E-state index in [4.69, 9.17) is 16.3 Å². The average molecular weight is 451 g/mol. The largest absolute Gasteiger partial charge is 0.497 e. The number of amides is 1. The van der Waals surface area contributed by atoms with Gasteiger partial charge in [-0.1, -0.05) is 11.6 Å². The molecule has 0 aliphatic heterocycles. The van der Waals surface area contributed by atoms with E-state index in [2.05, 4.69) is 0 Å². The molecule has 0 aromatic heterocycles. The maximum absolute atomic E-state index is 12.9. The molecule has 0 aliphatic rings. The summed E-state index contributed by atoms with van der Waals surface area (Å²) in [5.74, 6) is -0.511. The van der Waals surface area contributed by atoms with Gasteiger partial charge in [-0.05, 0) is 42.5 Å². The lowest BCUT2D eigenvalue weighted by molar-refractivity contribution is -0.138. The van der Waals surface area contributed by atoms with Crippen LogP contribution >= 0.6 is 11.6 Å². The first-order chi connectivity index (χ1) is 13.4. The second-order valence-electron chi connectivity index (χ2n) is 6.09. The van der Waals surface area contributed by atoms with Gasteiger partial charge in [-0.15, -0.1) is 0 Å². The molecule has 11 heteroatoms. The maximum atomic E-state index is 12.9. The molecule has 1 amide bonds. The highest BCUT2D eigenvalue weighted by atomic mass is 35.5. The van der Waals surface area contributed by atoms with Crippen LogP contribution in [0.25, 0.3) is 0 Å². The Morgan fingerprint density at radius 2 is 1.69 bits per heavy atom. The highest BCUT2D eigenvalue weighted by Crippen LogP contribution is 2.28. The minimum Gasteiger partial charge on any atom is -0.497 e. The summed E-state index contributed by atoms with van der Waals surface area (Å²) in [5, 5.41) is -0.157. The summed E-state index contributed by atoms with van der Waals surface area (Å²) in [5.41, 5.74) is -0.0227. The number of benzene rings is 2. The van der Waals surface area contributed by atoms with E-state index in [9.17, 15) is 26.4 Å². The fourth-order valence-electron chi connectivity index (χ4n) is 2.46. The molecule has 2 rings (SSSR count). The van der Waals surface area contributed by atoms with Crippen molar-refractivity contribution in [1.29, 1.82) is 0 Å². The first kappa shape index (κ1) is 22.8. The molecule has 0 N–H and O–H groups in total. The third kappa shape index (κ3) is 5.33. The van der Waals surface area contributed by atoms with Crippen LogP contribution in [0.4, 0.5) is 18.9 Å². The van der Waals surface area contributed by atoms with Gasteiger partial charge < -0.3 is 9.64 Å². The van der Waals surface area contributed by atoms with Gasteiger partial charge in [0.25, 0.3) is 15.9 Å². The number of halogens is 4. The summed E-state index contributed by atoms with van der Waals surface area (Å²) in [6, 6.07) is 9.50. The number of anilines is 1. The molecule has 2 aromatic carbocycles. The van der Waals surface area contributed by atoms with E-state index in [1.807, 2.05) is 0 Å². The second kappa shape index (κ2) is 8.50. The summed E-state index contributed by atoms with van der Waals surface area (Å²) in [6.07, 6.45) is -4.60. The third-order valence-electron chi connectivity index (χ3n) is 4.03. The van der Waals surface area contributed by atoms with Crippen molar-refractivity contribution in [3.8, 4) is 5.75 Å². The lowest BCUT2D eigenvalue weighted by Crippen LogP contribution is -2.36. The van der Waals surface area contributed by atoms with E-state index in [0.29, 0.717) is 16.3 Å². The number of carbonyl (C=O) groups is 1. The zero-order valence-corrected chi connectivity index (χ0v) is 17.3. The molecule has 0 atom stereocenters. The Balaban J connectivity index is 2.38. The Morgan fingerprint density at radius 1 is 1.10 bits per heavy atom. The Bertz CT molecular complexity index is 995. The molecule has 0 spiro atoms. The normalized spacial score (nSPS) is 11.8. The first-order valence-electron chi connectivity index (χ1n) is 8.11. The van der Waals surface area contributed by atoms with Crippen molar-refractivity contribution >= 4 is 33.2 Å². The van der Waals surface area contributed by atoms with Gasteiger partial charge in [-0.3, -0.25) is 9.10 Å². The number of alkyl halides is 3. The molecule has 0 bridgehead atoms. The number of hydrogen-bond donors (Lipinski definition) is 0. The van der Waals surface area contributed by atoms with Crippen LogP contribution in [-0.4, -0.2) is 53.2 Å². The van der Waals surface area contributed by atoms with Crippen molar-refractivity contribution in [1.82, 2.24) is 4.90 Å². The van der Waals surface area contributed by atoms with Crippen LogP contribution in [0.5, 0.6) is 5.75 Å². The van der Waals surface area contributed by atoms with E-state index in [1.165, 1.54) is 32.4 Å². The van der Waals surface area contributed by atoms with Crippen LogP contribution in [0.2, 0.25) is 5.02 Å². The number of carbonyl (C=O) groups excluding carboxylic acids is 1.